The molecule has 0 saturated heterocycles. The lowest BCUT2D eigenvalue weighted by molar-refractivity contribution is -0.210. The summed E-state index contributed by atoms with van der Waals surface area (Å²) in [4.78, 5) is 37.4. The second-order valence-corrected chi connectivity index (χ2v) is 17.3. The molecule has 0 aromatic rings. The van der Waals surface area contributed by atoms with Crippen molar-refractivity contribution in [1.82, 2.24) is 5.32 Å². The van der Waals surface area contributed by atoms with Gasteiger partial charge in [-0.05, 0) is 139 Å². The van der Waals surface area contributed by atoms with Gasteiger partial charge in [-0.2, -0.15) is 0 Å². The topological polar surface area (TPSA) is 122 Å². The Balaban J connectivity index is 1.36. The molecule has 8 heteroatoms. The van der Waals surface area contributed by atoms with E-state index in [1.165, 1.54) is 0 Å². The van der Waals surface area contributed by atoms with Crippen LogP contribution in [0.4, 0.5) is 0 Å². The zero-order chi connectivity index (χ0) is 33.5. The summed E-state index contributed by atoms with van der Waals surface area (Å²) >= 11 is 0. The van der Waals surface area contributed by atoms with Crippen LogP contribution < -0.4 is 5.32 Å². The molecule has 0 aromatic heterocycles. The number of hydrogen-bond acceptors (Lipinski definition) is 7. The molecular formula is C37H63NO7. The Morgan fingerprint density at radius 1 is 0.956 bits per heavy atom. The van der Waals surface area contributed by atoms with Crippen molar-refractivity contribution < 1.29 is 34.1 Å². The van der Waals surface area contributed by atoms with E-state index in [0.717, 1.165) is 51.4 Å². The number of carbonyl (C=O) groups is 3. The third-order valence-electron chi connectivity index (χ3n) is 13.1. The fraction of sp³-hybridized carbons (Fsp3) is 0.919. The Hall–Kier alpha value is -1.67. The molecular weight excluding hydrogens is 570 g/mol. The van der Waals surface area contributed by atoms with Gasteiger partial charge in [0.2, 0.25) is 5.91 Å². The summed E-state index contributed by atoms with van der Waals surface area (Å²) < 4.78 is 11.4. The Morgan fingerprint density at radius 2 is 1.64 bits per heavy atom. The van der Waals surface area contributed by atoms with Crippen LogP contribution in [0.5, 0.6) is 0 Å². The summed E-state index contributed by atoms with van der Waals surface area (Å²) in [5.41, 5.74) is -1.31. The van der Waals surface area contributed by atoms with E-state index >= 15 is 0 Å². The van der Waals surface area contributed by atoms with Gasteiger partial charge in [-0.15, -0.1) is 0 Å². The third-order valence-corrected chi connectivity index (χ3v) is 13.1. The van der Waals surface area contributed by atoms with Crippen LogP contribution in [0.1, 0.15) is 133 Å². The van der Waals surface area contributed by atoms with E-state index < -0.39 is 23.2 Å². The maximum absolute atomic E-state index is 12.8. The molecule has 45 heavy (non-hydrogen) atoms. The Labute approximate surface area is 272 Å². The highest BCUT2D eigenvalue weighted by molar-refractivity contribution is 5.77. The van der Waals surface area contributed by atoms with Crippen molar-refractivity contribution in [3.63, 3.8) is 0 Å². The summed E-state index contributed by atoms with van der Waals surface area (Å²) in [6.45, 7) is 18.5. The fourth-order valence-electron chi connectivity index (χ4n) is 10.0. The molecule has 3 N–H and O–H groups in total. The van der Waals surface area contributed by atoms with Gasteiger partial charge in [0.25, 0.3) is 0 Å². The molecule has 0 aromatic carbocycles. The largest absolute Gasteiger partial charge is 0.462 e. The van der Waals surface area contributed by atoms with Crippen LogP contribution >= 0.6 is 0 Å². The number of aliphatic hydroxyl groups is 2. The van der Waals surface area contributed by atoms with Gasteiger partial charge in [0.15, 0.2) is 0 Å². The first-order valence-corrected chi connectivity index (χ1v) is 17.9. The van der Waals surface area contributed by atoms with Crippen molar-refractivity contribution >= 4 is 17.8 Å². The Morgan fingerprint density at radius 3 is 2.29 bits per heavy atom. The maximum atomic E-state index is 12.8. The highest BCUT2D eigenvalue weighted by atomic mass is 16.6. The molecule has 4 fully saturated rings. The van der Waals surface area contributed by atoms with Gasteiger partial charge in [-0.3, -0.25) is 14.4 Å². The molecule has 4 aliphatic carbocycles. The number of rotatable bonds is 10. The van der Waals surface area contributed by atoms with E-state index in [4.69, 9.17) is 9.47 Å². The summed E-state index contributed by atoms with van der Waals surface area (Å²) in [5.74, 6) is 0.952. The van der Waals surface area contributed by atoms with Crippen molar-refractivity contribution in [2.24, 2.45) is 51.8 Å². The Bertz CT molecular complexity index is 1080. The monoisotopic (exact) mass is 633 g/mol. The number of fused-ring (bicyclic) bond motifs is 5. The molecule has 0 bridgehead atoms. The van der Waals surface area contributed by atoms with Crippen LogP contribution in [-0.2, 0) is 23.9 Å². The van der Waals surface area contributed by atoms with Gasteiger partial charge in [-0.1, -0.05) is 27.7 Å². The lowest BCUT2D eigenvalue weighted by Crippen LogP contribution is -2.62. The average Bonchev–Trinajstić information content (AvgIpc) is 3.30. The summed E-state index contributed by atoms with van der Waals surface area (Å²) in [5, 5.41) is 26.5. The number of carbonyl (C=O) groups excluding carboxylic acids is 3. The van der Waals surface area contributed by atoms with Crippen LogP contribution in [0.3, 0.4) is 0 Å². The lowest BCUT2D eigenvalue weighted by atomic mass is 9.43. The molecule has 4 saturated carbocycles. The lowest BCUT2D eigenvalue weighted by Gasteiger charge is -2.63. The summed E-state index contributed by atoms with van der Waals surface area (Å²) in [6.07, 6.45) is 7.04. The predicted molar refractivity (Wildman–Crippen MR) is 174 cm³/mol. The molecule has 258 valence electrons. The number of aliphatic hydroxyl groups excluding tert-OH is 2. The van der Waals surface area contributed by atoms with Gasteiger partial charge in [-0.25, -0.2) is 0 Å². The first-order chi connectivity index (χ1) is 20.8. The average molecular weight is 634 g/mol. The van der Waals surface area contributed by atoms with Crippen LogP contribution in [-0.4, -0.2) is 58.5 Å². The SMILES string of the molecule is CCC(C)(C)C(=O)OC1CCC2(C)C(C1)CC(O)C1C2CC(O)C2(C)C(C(C)CCC(=O)NCCC(=O)OC(C)(C)C)CCC12. The summed E-state index contributed by atoms with van der Waals surface area (Å²) in [6, 6.07) is 0. The van der Waals surface area contributed by atoms with Gasteiger partial charge < -0.3 is 25.0 Å². The van der Waals surface area contributed by atoms with Crippen LogP contribution in [0.15, 0.2) is 0 Å². The zero-order valence-electron chi connectivity index (χ0n) is 29.6. The van der Waals surface area contributed by atoms with E-state index in [-0.39, 0.29) is 83.3 Å². The number of amides is 1. The second kappa shape index (κ2) is 13.4. The predicted octanol–water partition coefficient (Wildman–Crippen LogP) is 6.20. The maximum Gasteiger partial charge on any atom is 0.311 e. The number of nitrogens with one attached hydrogen (secondary N) is 1. The number of ether oxygens (including phenoxy) is 2. The second-order valence-electron chi connectivity index (χ2n) is 17.3. The molecule has 0 spiro atoms. The quantitative estimate of drug-likeness (QED) is 0.245. The molecule has 8 nitrogen and oxygen atoms in total. The van der Waals surface area contributed by atoms with Crippen molar-refractivity contribution in [3.05, 3.63) is 0 Å². The molecule has 0 aliphatic heterocycles. The Kier molecular flexibility index (Phi) is 10.8. The van der Waals surface area contributed by atoms with Crippen molar-refractivity contribution in [2.45, 2.75) is 157 Å². The van der Waals surface area contributed by atoms with Gasteiger partial charge in [0.05, 0.1) is 24.0 Å². The minimum absolute atomic E-state index is 0.0104. The van der Waals surface area contributed by atoms with Gasteiger partial charge in [0, 0.05) is 13.0 Å². The number of esters is 2. The van der Waals surface area contributed by atoms with E-state index in [1.54, 1.807) is 0 Å². The van der Waals surface area contributed by atoms with Gasteiger partial charge in [0.1, 0.15) is 11.7 Å². The fourth-order valence-corrected chi connectivity index (χ4v) is 10.0. The molecule has 0 radical (unpaired) electrons. The van der Waals surface area contributed by atoms with Crippen LogP contribution in [0, 0.1) is 51.8 Å². The van der Waals surface area contributed by atoms with E-state index in [9.17, 15) is 24.6 Å². The minimum Gasteiger partial charge on any atom is -0.462 e. The van der Waals surface area contributed by atoms with Crippen molar-refractivity contribution in [3.8, 4) is 0 Å². The van der Waals surface area contributed by atoms with Crippen LogP contribution in [0.25, 0.3) is 0 Å². The van der Waals surface area contributed by atoms with E-state index in [1.807, 2.05) is 41.5 Å². The summed E-state index contributed by atoms with van der Waals surface area (Å²) in [7, 11) is 0. The minimum atomic E-state index is -0.538. The van der Waals surface area contributed by atoms with E-state index in [2.05, 4.69) is 26.1 Å². The molecule has 11 atom stereocenters. The van der Waals surface area contributed by atoms with Crippen molar-refractivity contribution in [2.75, 3.05) is 6.54 Å². The molecule has 4 aliphatic rings. The first-order valence-electron chi connectivity index (χ1n) is 17.9. The molecule has 4 rings (SSSR count). The third kappa shape index (κ3) is 7.42. The van der Waals surface area contributed by atoms with Gasteiger partial charge >= 0.3 is 11.9 Å². The highest BCUT2D eigenvalue weighted by Gasteiger charge is 2.65. The first kappa shape index (κ1) is 36.2. The molecule has 1 amide bonds. The highest BCUT2D eigenvalue weighted by Crippen LogP contribution is 2.68. The van der Waals surface area contributed by atoms with Crippen LogP contribution in [0.2, 0.25) is 0 Å². The smallest absolute Gasteiger partial charge is 0.311 e. The van der Waals surface area contributed by atoms with E-state index in [0.29, 0.717) is 12.8 Å². The van der Waals surface area contributed by atoms with Crippen molar-refractivity contribution in [1.29, 1.82) is 0 Å². The molecule has 0 heterocycles. The standard InChI is InChI=1S/C37H63NO7/c1-10-35(6,7)33(43)44-24-15-17-36(8)23(19-24)20-28(39)32-26-13-12-25(37(26,9)29(40)21-27(32)36)22(2)11-14-30(41)38-18-16-31(42)45-34(3,4)5/h22-29,32,39-40H,10-21H2,1-9H3,(H,38,41). The molecule has 11 unspecified atom stereocenters. The normalized spacial score (nSPS) is 38.7. The number of hydrogen-bond donors (Lipinski definition) is 3. The zero-order valence-corrected chi connectivity index (χ0v) is 29.6.